The Bertz CT molecular complexity index is 951. The number of amides is 1. The molecule has 25 heavy (non-hydrogen) atoms. The maximum Gasteiger partial charge on any atom is 0.416 e. The van der Waals surface area contributed by atoms with Crippen LogP contribution in [-0.2, 0) is 6.18 Å². The number of hydrogen-bond donors (Lipinski definition) is 1. The Balaban J connectivity index is 1.91. The number of aromatic nitrogens is 1. The van der Waals surface area contributed by atoms with E-state index in [0.717, 1.165) is 12.1 Å². The van der Waals surface area contributed by atoms with Crippen molar-refractivity contribution < 1.29 is 22.8 Å². The van der Waals surface area contributed by atoms with Gasteiger partial charge in [0.2, 0.25) is 0 Å². The van der Waals surface area contributed by atoms with Crippen molar-refractivity contribution in [2.45, 2.75) is 6.18 Å². The van der Waals surface area contributed by atoms with Gasteiger partial charge >= 0.3 is 6.18 Å². The summed E-state index contributed by atoms with van der Waals surface area (Å²) in [5.41, 5.74) is 0.175. The van der Waals surface area contributed by atoms with Crippen LogP contribution in [0, 0.1) is 0 Å². The normalized spacial score (nSPS) is 11.3. The summed E-state index contributed by atoms with van der Waals surface area (Å²) >= 11 is 0. The van der Waals surface area contributed by atoms with Gasteiger partial charge in [-0.25, -0.2) is 4.98 Å². The second-order valence-electron chi connectivity index (χ2n) is 5.26. The highest BCUT2D eigenvalue weighted by atomic mass is 19.4. The molecule has 1 aromatic heterocycles. The number of rotatable bonds is 3. The van der Waals surface area contributed by atoms with E-state index in [0.29, 0.717) is 17.2 Å². The second-order valence-corrected chi connectivity index (χ2v) is 5.26. The maximum atomic E-state index is 12.6. The van der Waals surface area contributed by atoms with E-state index in [1.165, 1.54) is 24.3 Å². The van der Waals surface area contributed by atoms with Gasteiger partial charge in [0, 0.05) is 11.1 Å². The van der Waals surface area contributed by atoms with E-state index in [4.69, 9.17) is 0 Å². The van der Waals surface area contributed by atoms with Crippen LogP contribution in [0.4, 0.5) is 18.9 Å². The number of benzene rings is 2. The van der Waals surface area contributed by atoms with Gasteiger partial charge in [-0.2, -0.15) is 13.2 Å². The standard InChI is InChI=1S/C18H11F3N2O2/c19-18(20,21)12-5-8-13(9-6-12)23-17(25)15-3-1-2-11-4-7-14(10-24)22-16(11)15/h1-10H,(H,23,25). The van der Waals surface area contributed by atoms with E-state index >= 15 is 0 Å². The van der Waals surface area contributed by atoms with Gasteiger partial charge in [-0.15, -0.1) is 0 Å². The second kappa shape index (κ2) is 6.35. The number of pyridine rings is 1. The molecule has 0 aliphatic rings. The van der Waals surface area contributed by atoms with E-state index in [-0.39, 0.29) is 16.9 Å². The fourth-order valence-electron chi connectivity index (χ4n) is 2.35. The van der Waals surface area contributed by atoms with Crippen molar-refractivity contribution in [3.8, 4) is 0 Å². The van der Waals surface area contributed by atoms with Gasteiger partial charge in [0.05, 0.1) is 16.6 Å². The summed E-state index contributed by atoms with van der Waals surface area (Å²) in [5, 5.41) is 3.20. The number of nitrogens with zero attached hydrogens (tertiary/aromatic N) is 1. The molecule has 3 rings (SSSR count). The van der Waals surface area contributed by atoms with Crippen LogP contribution in [-0.4, -0.2) is 17.2 Å². The number of anilines is 1. The zero-order valence-corrected chi connectivity index (χ0v) is 12.7. The zero-order chi connectivity index (χ0) is 18.0. The minimum Gasteiger partial charge on any atom is -0.322 e. The summed E-state index contributed by atoms with van der Waals surface area (Å²) in [5.74, 6) is -0.527. The number of aldehydes is 1. The molecule has 0 aliphatic heterocycles. The molecule has 2 aromatic carbocycles. The Labute approximate surface area is 140 Å². The molecule has 0 atom stereocenters. The average molecular weight is 344 g/mol. The average Bonchev–Trinajstić information content (AvgIpc) is 2.60. The van der Waals surface area contributed by atoms with E-state index in [1.807, 2.05) is 0 Å². The number of halogens is 3. The first-order valence-corrected chi connectivity index (χ1v) is 7.22. The minimum atomic E-state index is -4.44. The summed E-state index contributed by atoms with van der Waals surface area (Å²) in [7, 11) is 0. The van der Waals surface area contributed by atoms with E-state index < -0.39 is 17.6 Å². The monoisotopic (exact) mass is 344 g/mol. The highest BCUT2D eigenvalue weighted by Crippen LogP contribution is 2.30. The molecule has 126 valence electrons. The van der Waals surface area contributed by atoms with E-state index in [1.54, 1.807) is 18.2 Å². The van der Waals surface area contributed by atoms with E-state index in [2.05, 4.69) is 10.3 Å². The smallest absolute Gasteiger partial charge is 0.322 e. The SMILES string of the molecule is O=Cc1ccc2cccc(C(=O)Nc3ccc(C(F)(F)F)cc3)c2n1. The number of fused-ring (bicyclic) bond motifs is 1. The molecule has 0 saturated carbocycles. The maximum absolute atomic E-state index is 12.6. The quantitative estimate of drug-likeness (QED) is 0.720. The largest absolute Gasteiger partial charge is 0.416 e. The molecule has 7 heteroatoms. The predicted molar refractivity (Wildman–Crippen MR) is 86.5 cm³/mol. The van der Waals surface area contributed by atoms with Gasteiger partial charge in [0.25, 0.3) is 5.91 Å². The van der Waals surface area contributed by atoms with Crippen LogP contribution in [0.2, 0.25) is 0 Å². The van der Waals surface area contributed by atoms with Crippen molar-refractivity contribution >= 4 is 28.8 Å². The van der Waals surface area contributed by atoms with Crippen molar-refractivity contribution in [1.29, 1.82) is 0 Å². The molecular weight excluding hydrogens is 333 g/mol. The molecule has 0 spiro atoms. The minimum absolute atomic E-state index is 0.183. The Morgan fingerprint density at radius 1 is 1.00 bits per heavy atom. The zero-order valence-electron chi connectivity index (χ0n) is 12.7. The van der Waals surface area contributed by atoms with Crippen LogP contribution < -0.4 is 5.32 Å². The van der Waals surface area contributed by atoms with Crippen LogP contribution in [0.25, 0.3) is 10.9 Å². The molecule has 1 N–H and O–H groups in total. The fraction of sp³-hybridized carbons (Fsp3) is 0.0556. The number of alkyl halides is 3. The summed E-state index contributed by atoms with van der Waals surface area (Å²) in [6, 6.07) is 12.3. The number of carbonyl (C=O) groups excluding carboxylic acids is 2. The lowest BCUT2D eigenvalue weighted by Crippen LogP contribution is -2.13. The molecular formula is C18H11F3N2O2. The predicted octanol–water partition coefficient (Wildman–Crippen LogP) is 4.32. The number of carbonyl (C=O) groups is 2. The van der Waals surface area contributed by atoms with Crippen molar-refractivity contribution in [2.24, 2.45) is 0 Å². The Kier molecular flexibility index (Phi) is 4.22. The molecule has 1 amide bonds. The van der Waals surface area contributed by atoms with Gasteiger partial charge in [-0.3, -0.25) is 9.59 Å². The Morgan fingerprint density at radius 2 is 1.72 bits per heavy atom. The first-order valence-electron chi connectivity index (χ1n) is 7.22. The number of nitrogens with one attached hydrogen (secondary N) is 1. The van der Waals surface area contributed by atoms with Gasteiger partial charge in [-0.05, 0) is 36.4 Å². The molecule has 0 bridgehead atoms. The van der Waals surface area contributed by atoms with Crippen LogP contribution in [0.15, 0.2) is 54.6 Å². The van der Waals surface area contributed by atoms with Crippen molar-refractivity contribution in [3.63, 3.8) is 0 Å². The lowest BCUT2D eigenvalue weighted by atomic mass is 10.1. The van der Waals surface area contributed by atoms with Crippen LogP contribution in [0.1, 0.15) is 26.4 Å². The highest BCUT2D eigenvalue weighted by molar-refractivity contribution is 6.12. The van der Waals surface area contributed by atoms with Crippen LogP contribution >= 0.6 is 0 Å². The van der Waals surface area contributed by atoms with Gasteiger partial charge < -0.3 is 5.32 Å². The molecule has 3 aromatic rings. The topological polar surface area (TPSA) is 59.1 Å². The number of hydrogen-bond acceptors (Lipinski definition) is 3. The third kappa shape index (κ3) is 3.50. The molecule has 0 fully saturated rings. The highest BCUT2D eigenvalue weighted by Gasteiger charge is 2.30. The summed E-state index contributed by atoms with van der Waals surface area (Å²) < 4.78 is 37.7. The van der Waals surface area contributed by atoms with Crippen LogP contribution in [0.5, 0.6) is 0 Å². The third-order valence-electron chi connectivity index (χ3n) is 3.58. The van der Waals surface area contributed by atoms with Gasteiger partial charge in [0.15, 0.2) is 6.29 Å². The summed E-state index contributed by atoms with van der Waals surface area (Å²) in [6.07, 6.45) is -3.86. The molecule has 1 heterocycles. The van der Waals surface area contributed by atoms with Gasteiger partial charge in [0.1, 0.15) is 5.69 Å². The van der Waals surface area contributed by atoms with E-state index in [9.17, 15) is 22.8 Å². The van der Waals surface area contributed by atoms with Gasteiger partial charge in [-0.1, -0.05) is 18.2 Å². The van der Waals surface area contributed by atoms with Crippen LogP contribution in [0.3, 0.4) is 0 Å². The Hall–Kier alpha value is -3.22. The summed E-state index contributed by atoms with van der Waals surface area (Å²) in [6.45, 7) is 0. The molecule has 0 unspecified atom stereocenters. The third-order valence-corrected chi connectivity index (χ3v) is 3.58. The number of para-hydroxylation sites is 1. The lowest BCUT2D eigenvalue weighted by Gasteiger charge is -2.10. The van der Waals surface area contributed by atoms with Crippen molar-refractivity contribution in [1.82, 2.24) is 4.98 Å². The first-order chi connectivity index (χ1) is 11.9. The van der Waals surface area contributed by atoms with Crippen molar-refractivity contribution in [3.05, 3.63) is 71.4 Å². The summed E-state index contributed by atoms with van der Waals surface area (Å²) in [4.78, 5) is 27.5. The molecule has 4 nitrogen and oxygen atoms in total. The Morgan fingerprint density at radius 3 is 2.36 bits per heavy atom. The van der Waals surface area contributed by atoms with Crippen molar-refractivity contribution in [2.75, 3.05) is 5.32 Å². The fourth-order valence-corrected chi connectivity index (χ4v) is 2.35. The molecule has 0 aliphatic carbocycles. The molecule has 0 saturated heterocycles. The first kappa shape index (κ1) is 16.6. The lowest BCUT2D eigenvalue weighted by molar-refractivity contribution is -0.137. The molecule has 0 radical (unpaired) electrons.